The summed E-state index contributed by atoms with van der Waals surface area (Å²) in [6.45, 7) is 11.2. The second-order valence-electron chi connectivity index (χ2n) is 4.03. The molecule has 0 aliphatic carbocycles. The Bertz CT molecular complexity index is 331. The molecule has 2 heteroatoms. The van der Waals surface area contributed by atoms with Crippen molar-refractivity contribution in [2.75, 3.05) is 6.54 Å². The van der Waals surface area contributed by atoms with Gasteiger partial charge >= 0.3 is 0 Å². The van der Waals surface area contributed by atoms with Gasteiger partial charge in [-0.15, -0.1) is 6.58 Å². The van der Waals surface area contributed by atoms with Gasteiger partial charge in [0.2, 0.25) is 0 Å². The van der Waals surface area contributed by atoms with Crippen LogP contribution in [0.2, 0.25) is 0 Å². The van der Waals surface area contributed by atoms with Crippen LogP contribution < -0.4 is 5.32 Å². The first-order chi connectivity index (χ1) is 7.13. The lowest BCUT2D eigenvalue weighted by atomic mass is 10.0. The van der Waals surface area contributed by atoms with Crippen LogP contribution >= 0.6 is 0 Å². The molecule has 0 saturated heterocycles. The summed E-state index contributed by atoms with van der Waals surface area (Å²) in [6.07, 6.45) is 2.82. The number of nitrogens with one attached hydrogen (secondary N) is 1. The van der Waals surface area contributed by atoms with Gasteiger partial charge < -0.3 is 5.32 Å². The zero-order chi connectivity index (χ0) is 11.3. The molecule has 0 bridgehead atoms. The molecule has 0 saturated carbocycles. The van der Waals surface area contributed by atoms with Crippen LogP contribution in [0.4, 0.5) is 0 Å². The van der Waals surface area contributed by atoms with E-state index in [0.717, 1.165) is 18.7 Å². The predicted molar refractivity (Wildman–Crippen MR) is 64.8 cm³/mol. The molecule has 1 unspecified atom stereocenters. The average Bonchev–Trinajstić information content (AvgIpc) is 2.16. The van der Waals surface area contributed by atoms with E-state index in [1.54, 1.807) is 0 Å². The Labute approximate surface area is 92.4 Å². The van der Waals surface area contributed by atoms with Crippen LogP contribution in [-0.2, 0) is 0 Å². The van der Waals surface area contributed by atoms with Gasteiger partial charge in [-0.05, 0) is 44.5 Å². The summed E-state index contributed by atoms with van der Waals surface area (Å²) in [5.74, 6) is 0. The molecule has 0 aliphatic rings. The quantitative estimate of drug-likeness (QED) is 0.746. The average molecular weight is 204 g/mol. The fourth-order valence-electron chi connectivity index (χ4n) is 1.63. The maximum absolute atomic E-state index is 4.41. The number of aryl methyl sites for hydroxylation is 1. The summed E-state index contributed by atoms with van der Waals surface area (Å²) in [4.78, 5) is 4.41. The first-order valence-electron chi connectivity index (χ1n) is 5.43. The standard InChI is InChI=1S/C13H20N2/c1-5-14-12(8-10(2)3)13-9-11(4)6-7-15-13/h6-7,9,12,14H,2,5,8H2,1,3-4H3. The molecular formula is C13H20N2. The summed E-state index contributed by atoms with van der Waals surface area (Å²) in [5.41, 5.74) is 3.55. The van der Waals surface area contributed by atoms with Crippen molar-refractivity contribution in [2.45, 2.75) is 33.2 Å². The number of nitrogens with zero attached hydrogens (tertiary/aromatic N) is 1. The summed E-state index contributed by atoms with van der Waals surface area (Å²) in [7, 11) is 0. The van der Waals surface area contributed by atoms with Crippen molar-refractivity contribution >= 4 is 0 Å². The van der Waals surface area contributed by atoms with Crippen LogP contribution in [0, 0.1) is 6.92 Å². The number of rotatable bonds is 5. The van der Waals surface area contributed by atoms with Crippen molar-refractivity contribution in [3.8, 4) is 0 Å². The third-order valence-corrected chi connectivity index (χ3v) is 2.30. The van der Waals surface area contributed by atoms with Crippen LogP contribution in [0.15, 0.2) is 30.5 Å². The van der Waals surface area contributed by atoms with Crippen LogP contribution in [0.1, 0.15) is 37.6 Å². The van der Waals surface area contributed by atoms with Gasteiger partial charge in [-0.25, -0.2) is 0 Å². The van der Waals surface area contributed by atoms with E-state index in [1.165, 1.54) is 11.1 Å². The van der Waals surface area contributed by atoms with Crippen molar-refractivity contribution in [3.05, 3.63) is 41.7 Å². The van der Waals surface area contributed by atoms with Crippen molar-refractivity contribution in [2.24, 2.45) is 0 Å². The lowest BCUT2D eigenvalue weighted by molar-refractivity contribution is 0.535. The minimum Gasteiger partial charge on any atom is -0.309 e. The van der Waals surface area contributed by atoms with E-state index in [-0.39, 0.29) is 0 Å². The fourth-order valence-corrected chi connectivity index (χ4v) is 1.63. The first-order valence-corrected chi connectivity index (χ1v) is 5.43. The highest BCUT2D eigenvalue weighted by Crippen LogP contribution is 2.18. The molecule has 0 aliphatic heterocycles. The Morgan fingerprint density at radius 2 is 2.33 bits per heavy atom. The summed E-state index contributed by atoms with van der Waals surface area (Å²) < 4.78 is 0. The summed E-state index contributed by atoms with van der Waals surface area (Å²) >= 11 is 0. The van der Waals surface area contributed by atoms with Crippen molar-refractivity contribution < 1.29 is 0 Å². The largest absolute Gasteiger partial charge is 0.309 e. The van der Waals surface area contributed by atoms with Crippen molar-refractivity contribution in [3.63, 3.8) is 0 Å². The van der Waals surface area contributed by atoms with E-state index in [9.17, 15) is 0 Å². The van der Waals surface area contributed by atoms with E-state index in [0.29, 0.717) is 6.04 Å². The molecule has 0 amide bonds. The molecule has 1 aromatic rings. The molecule has 1 aromatic heterocycles. The van der Waals surface area contributed by atoms with Gasteiger partial charge in [0.05, 0.1) is 11.7 Å². The highest BCUT2D eigenvalue weighted by molar-refractivity contribution is 5.18. The van der Waals surface area contributed by atoms with Gasteiger partial charge in [0, 0.05) is 6.20 Å². The molecule has 1 heterocycles. The van der Waals surface area contributed by atoms with Gasteiger partial charge in [-0.2, -0.15) is 0 Å². The van der Waals surface area contributed by atoms with Crippen molar-refractivity contribution in [1.29, 1.82) is 0 Å². The minimum absolute atomic E-state index is 0.299. The van der Waals surface area contributed by atoms with E-state index < -0.39 is 0 Å². The van der Waals surface area contributed by atoms with Gasteiger partial charge in [-0.3, -0.25) is 4.98 Å². The normalized spacial score (nSPS) is 12.5. The van der Waals surface area contributed by atoms with E-state index in [4.69, 9.17) is 0 Å². The Hall–Kier alpha value is -1.15. The van der Waals surface area contributed by atoms with E-state index in [2.05, 4.69) is 43.7 Å². The minimum atomic E-state index is 0.299. The molecule has 0 spiro atoms. The van der Waals surface area contributed by atoms with Gasteiger partial charge in [0.25, 0.3) is 0 Å². The fraction of sp³-hybridized carbons (Fsp3) is 0.462. The third-order valence-electron chi connectivity index (χ3n) is 2.30. The SMILES string of the molecule is C=C(C)CC(NCC)c1cc(C)ccn1. The number of aromatic nitrogens is 1. The molecule has 2 nitrogen and oxygen atoms in total. The first kappa shape index (κ1) is 11.9. The Morgan fingerprint density at radius 1 is 1.60 bits per heavy atom. The molecule has 0 fully saturated rings. The van der Waals surface area contributed by atoms with Crippen LogP contribution in [-0.4, -0.2) is 11.5 Å². The predicted octanol–water partition coefficient (Wildman–Crippen LogP) is 3.01. The maximum Gasteiger partial charge on any atom is 0.0579 e. The molecule has 1 N–H and O–H groups in total. The molecule has 0 aromatic carbocycles. The van der Waals surface area contributed by atoms with Gasteiger partial charge in [0.1, 0.15) is 0 Å². The molecule has 0 radical (unpaired) electrons. The maximum atomic E-state index is 4.41. The Kier molecular flexibility index (Phi) is 4.50. The second-order valence-corrected chi connectivity index (χ2v) is 4.03. The van der Waals surface area contributed by atoms with Crippen LogP contribution in [0.25, 0.3) is 0 Å². The molecule has 15 heavy (non-hydrogen) atoms. The van der Waals surface area contributed by atoms with E-state index in [1.807, 2.05) is 12.3 Å². The zero-order valence-corrected chi connectivity index (χ0v) is 9.88. The topological polar surface area (TPSA) is 24.9 Å². The molecule has 1 atom stereocenters. The lowest BCUT2D eigenvalue weighted by Crippen LogP contribution is -2.22. The smallest absolute Gasteiger partial charge is 0.0579 e. The molecular weight excluding hydrogens is 184 g/mol. The van der Waals surface area contributed by atoms with E-state index >= 15 is 0 Å². The second kappa shape index (κ2) is 5.66. The number of pyridine rings is 1. The Balaban J connectivity index is 2.83. The third kappa shape index (κ3) is 3.84. The monoisotopic (exact) mass is 204 g/mol. The number of hydrogen-bond acceptors (Lipinski definition) is 2. The Morgan fingerprint density at radius 3 is 2.87 bits per heavy atom. The molecule has 1 rings (SSSR count). The summed E-state index contributed by atoms with van der Waals surface area (Å²) in [5, 5.41) is 3.43. The highest BCUT2D eigenvalue weighted by Gasteiger charge is 2.11. The zero-order valence-electron chi connectivity index (χ0n) is 9.88. The van der Waals surface area contributed by atoms with Crippen molar-refractivity contribution in [1.82, 2.24) is 10.3 Å². The van der Waals surface area contributed by atoms with Gasteiger partial charge in [0.15, 0.2) is 0 Å². The summed E-state index contributed by atoms with van der Waals surface area (Å²) in [6, 6.07) is 4.45. The lowest BCUT2D eigenvalue weighted by Gasteiger charge is -2.17. The number of hydrogen-bond donors (Lipinski definition) is 1. The highest BCUT2D eigenvalue weighted by atomic mass is 14.9. The van der Waals surface area contributed by atoms with Crippen LogP contribution in [0.5, 0.6) is 0 Å². The van der Waals surface area contributed by atoms with Gasteiger partial charge in [-0.1, -0.05) is 12.5 Å². The molecule has 82 valence electrons. The van der Waals surface area contributed by atoms with Crippen LogP contribution in [0.3, 0.4) is 0 Å².